The van der Waals surface area contributed by atoms with Gasteiger partial charge in [-0.1, -0.05) is 24.2 Å². The average Bonchev–Trinajstić information content (AvgIpc) is 3.11. The summed E-state index contributed by atoms with van der Waals surface area (Å²) in [5.41, 5.74) is 0.246. The number of carbonyl (C=O) groups is 1. The molecule has 1 aliphatic heterocycles. The molecule has 1 aliphatic rings. The van der Waals surface area contributed by atoms with Crippen molar-refractivity contribution in [1.82, 2.24) is 15.0 Å². The Morgan fingerprint density at radius 2 is 2.07 bits per heavy atom. The third kappa shape index (κ3) is 4.82. The molecule has 7 heteroatoms. The first-order chi connectivity index (χ1) is 13.3. The molecule has 1 amide bonds. The number of amides is 1. The maximum absolute atomic E-state index is 12.3. The van der Waals surface area contributed by atoms with Gasteiger partial charge in [0.25, 0.3) is 0 Å². The summed E-state index contributed by atoms with van der Waals surface area (Å²) in [4.78, 5) is 18.6. The monoisotopic (exact) mass is 387 g/mol. The minimum Gasteiger partial charge on any atom is -0.508 e. The van der Waals surface area contributed by atoms with Crippen LogP contribution in [0.2, 0.25) is 0 Å². The molecule has 1 N–H and O–H groups in total. The minimum absolute atomic E-state index is 0.152. The molecule has 0 spiro atoms. The van der Waals surface area contributed by atoms with Crippen LogP contribution in [0.4, 0.5) is 4.79 Å². The number of hydrogen-bond donors (Lipinski definition) is 1. The van der Waals surface area contributed by atoms with E-state index in [0.29, 0.717) is 30.7 Å². The number of likely N-dealkylation sites (tertiary alicyclic amines) is 1. The quantitative estimate of drug-likeness (QED) is 0.826. The average molecular weight is 387 g/mol. The van der Waals surface area contributed by atoms with Crippen LogP contribution in [0.3, 0.4) is 0 Å². The smallest absolute Gasteiger partial charge is 0.410 e. The Balaban J connectivity index is 1.65. The molecule has 0 radical (unpaired) electrons. The predicted octanol–water partition coefficient (Wildman–Crippen LogP) is 4.58. The van der Waals surface area contributed by atoms with Crippen LogP contribution in [0.1, 0.15) is 58.8 Å². The number of ether oxygens (including phenoxy) is 1. The molecule has 3 rings (SSSR count). The summed E-state index contributed by atoms with van der Waals surface area (Å²) in [7, 11) is 0. The SMILES string of the molecule is CCC(c1nc(-c2cccc(O)c2)no1)C1CCN(C(=O)OC(C)(C)C)CC1. The van der Waals surface area contributed by atoms with Gasteiger partial charge in [0, 0.05) is 24.6 Å². The molecular weight excluding hydrogens is 358 g/mol. The zero-order chi connectivity index (χ0) is 20.3. The largest absolute Gasteiger partial charge is 0.508 e. The Morgan fingerprint density at radius 3 is 2.68 bits per heavy atom. The van der Waals surface area contributed by atoms with Crippen molar-refractivity contribution in [2.24, 2.45) is 5.92 Å². The van der Waals surface area contributed by atoms with Crippen molar-refractivity contribution in [3.05, 3.63) is 30.2 Å². The van der Waals surface area contributed by atoms with E-state index in [1.807, 2.05) is 26.8 Å². The van der Waals surface area contributed by atoms with Crippen molar-refractivity contribution in [2.45, 2.75) is 58.5 Å². The van der Waals surface area contributed by atoms with E-state index >= 15 is 0 Å². The van der Waals surface area contributed by atoms with Gasteiger partial charge in [-0.2, -0.15) is 4.98 Å². The molecule has 1 fully saturated rings. The fourth-order valence-corrected chi connectivity index (χ4v) is 3.67. The van der Waals surface area contributed by atoms with Gasteiger partial charge in [0.15, 0.2) is 0 Å². The first-order valence-corrected chi connectivity index (χ1v) is 9.87. The Hall–Kier alpha value is -2.57. The maximum Gasteiger partial charge on any atom is 0.410 e. The van der Waals surface area contributed by atoms with Crippen LogP contribution in [0, 0.1) is 5.92 Å². The van der Waals surface area contributed by atoms with E-state index in [0.717, 1.165) is 24.8 Å². The van der Waals surface area contributed by atoms with Gasteiger partial charge < -0.3 is 19.3 Å². The van der Waals surface area contributed by atoms with Crippen LogP contribution >= 0.6 is 0 Å². The molecule has 1 atom stereocenters. The van der Waals surface area contributed by atoms with E-state index in [2.05, 4.69) is 17.1 Å². The van der Waals surface area contributed by atoms with Gasteiger partial charge in [0.1, 0.15) is 11.4 Å². The molecule has 1 aromatic heterocycles. The zero-order valence-electron chi connectivity index (χ0n) is 17.0. The number of hydrogen-bond acceptors (Lipinski definition) is 6. The lowest BCUT2D eigenvalue weighted by Gasteiger charge is -2.35. The van der Waals surface area contributed by atoms with Gasteiger partial charge in [0.05, 0.1) is 0 Å². The summed E-state index contributed by atoms with van der Waals surface area (Å²) in [5.74, 6) is 1.80. The van der Waals surface area contributed by atoms with E-state index in [-0.39, 0.29) is 17.8 Å². The standard InChI is InChI=1S/C21H29N3O4/c1-5-17(14-9-11-24(12-10-14)20(26)27-21(2,3)4)19-22-18(23-28-19)15-7-6-8-16(25)13-15/h6-8,13-14,17,25H,5,9-12H2,1-4H3. The lowest BCUT2D eigenvalue weighted by atomic mass is 9.82. The number of piperidine rings is 1. The number of aromatic hydroxyl groups is 1. The van der Waals surface area contributed by atoms with Gasteiger partial charge in [0.2, 0.25) is 11.7 Å². The van der Waals surface area contributed by atoms with E-state index in [4.69, 9.17) is 9.26 Å². The zero-order valence-corrected chi connectivity index (χ0v) is 17.0. The molecule has 2 aromatic rings. The summed E-state index contributed by atoms with van der Waals surface area (Å²) in [6, 6.07) is 6.83. The van der Waals surface area contributed by atoms with Gasteiger partial charge >= 0.3 is 6.09 Å². The third-order valence-corrected chi connectivity index (χ3v) is 5.06. The Labute approximate surface area is 165 Å². The fraction of sp³-hybridized carbons (Fsp3) is 0.571. The van der Waals surface area contributed by atoms with Gasteiger partial charge in [-0.05, 0) is 58.1 Å². The highest BCUT2D eigenvalue weighted by Gasteiger charge is 2.33. The molecule has 1 saturated heterocycles. The summed E-state index contributed by atoms with van der Waals surface area (Å²) in [6.07, 6.45) is 2.39. The van der Waals surface area contributed by atoms with Crippen molar-refractivity contribution in [3.63, 3.8) is 0 Å². The first-order valence-electron chi connectivity index (χ1n) is 9.87. The number of nitrogens with zero attached hydrogens (tertiary/aromatic N) is 3. The molecule has 1 unspecified atom stereocenters. The van der Waals surface area contributed by atoms with Crippen molar-refractivity contribution in [3.8, 4) is 17.1 Å². The Morgan fingerprint density at radius 1 is 1.36 bits per heavy atom. The lowest BCUT2D eigenvalue weighted by Crippen LogP contribution is -2.42. The van der Waals surface area contributed by atoms with Gasteiger partial charge in [-0.25, -0.2) is 4.79 Å². The summed E-state index contributed by atoms with van der Waals surface area (Å²) in [6.45, 7) is 9.09. The number of phenolic OH excluding ortho intramolecular Hbond substituents is 1. The van der Waals surface area contributed by atoms with Crippen LogP contribution in [-0.4, -0.2) is 44.9 Å². The van der Waals surface area contributed by atoms with Crippen LogP contribution in [0.5, 0.6) is 5.75 Å². The molecule has 152 valence electrons. The second kappa shape index (κ2) is 8.20. The van der Waals surface area contributed by atoms with Crippen molar-refractivity contribution >= 4 is 6.09 Å². The molecular formula is C21H29N3O4. The second-order valence-corrected chi connectivity index (χ2v) is 8.33. The summed E-state index contributed by atoms with van der Waals surface area (Å²) >= 11 is 0. The van der Waals surface area contributed by atoms with Gasteiger partial charge in [-0.3, -0.25) is 0 Å². The fourth-order valence-electron chi connectivity index (χ4n) is 3.67. The normalized spacial score (nSPS) is 16.8. The maximum atomic E-state index is 12.3. The molecule has 7 nitrogen and oxygen atoms in total. The Kier molecular flexibility index (Phi) is 5.91. The number of benzene rings is 1. The molecule has 2 heterocycles. The predicted molar refractivity (Wildman–Crippen MR) is 105 cm³/mol. The molecule has 0 saturated carbocycles. The minimum atomic E-state index is -0.480. The van der Waals surface area contributed by atoms with Crippen molar-refractivity contribution in [2.75, 3.05) is 13.1 Å². The van der Waals surface area contributed by atoms with Crippen LogP contribution < -0.4 is 0 Å². The summed E-state index contributed by atoms with van der Waals surface area (Å²) in [5, 5.41) is 13.7. The van der Waals surface area contributed by atoms with E-state index < -0.39 is 5.60 Å². The second-order valence-electron chi connectivity index (χ2n) is 8.33. The third-order valence-electron chi connectivity index (χ3n) is 5.06. The molecule has 28 heavy (non-hydrogen) atoms. The van der Waals surface area contributed by atoms with E-state index in [9.17, 15) is 9.90 Å². The molecule has 0 bridgehead atoms. The highest BCUT2D eigenvalue weighted by atomic mass is 16.6. The Bertz CT molecular complexity index is 804. The molecule has 0 aliphatic carbocycles. The number of phenols is 1. The topological polar surface area (TPSA) is 88.7 Å². The van der Waals surface area contributed by atoms with Crippen LogP contribution in [0.15, 0.2) is 28.8 Å². The number of carbonyl (C=O) groups excluding carboxylic acids is 1. The van der Waals surface area contributed by atoms with E-state index in [1.54, 1.807) is 23.1 Å². The van der Waals surface area contributed by atoms with Crippen LogP contribution in [0.25, 0.3) is 11.4 Å². The van der Waals surface area contributed by atoms with E-state index in [1.165, 1.54) is 0 Å². The number of aromatic nitrogens is 2. The highest BCUT2D eigenvalue weighted by molar-refractivity contribution is 5.68. The first kappa shape index (κ1) is 20.2. The lowest BCUT2D eigenvalue weighted by molar-refractivity contribution is 0.0169. The molecule has 1 aromatic carbocycles. The van der Waals surface area contributed by atoms with Crippen molar-refractivity contribution in [1.29, 1.82) is 0 Å². The highest BCUT2D eigenvalue weighted by Crippen LogP contribution is 2.35. The summed E-state index contributed by atoms with van der Waals surface area (Å²) < 4.78 is 11.0. The van der Waals surface area contributed by atoms with Gasteiger partial charge in [-0.15, -0.1) is 0 Å². The number of rotatable bonds is 4. The van der Waals surface area contributed by atoms with Crippen molar-refractivity contribution < 1.29 is 19.2 Å². The van der Waals surface area contributed by atoms with Crippen LogP contribution in [-0.2, 0) is 4.74 Å².